The largest absolute Gasteiger partial charge is 0.380 e. The highest BCUT2D eigenvalue weighted by molar-refractivity contribution is 9.10. The Hall–Kier alpha value is -1.26. The maximum atomic E-state index is 6.17. The Morgan fingerprint density at radius 1 is 1.26 bits per heavy atom. The molecule has 5 heteroatoms. The first-order valence-electron chi connectivity index (χ1n) is 5.87. The summed E-state index contributed by atoms with van der Waals surface area (Å²) < 4.78 is 0.984. The molecule has 2 rings (SSSR count). The van der Waals surface area contributed by atoms with Crippen molar-refractivity contribution in [1.29, 1.82) is 0 Å². The van der Waals surface area contributed by atoms with Crippen LogP contribution in [-0.4, -0.2) is 19.1 Å². The highest BCUT2D eigenvalue weighted by Gasteiger charge is 2.02. The molecule has 100 valence electrons. The highest BCUT2D eigenvalue weighted by Crippen LogP contribution is 2.22. The summed E-state index contributed by atoms with van der Waals surface area (Å²) in [4.78, 5) is 6.32. The molecule has 0 aliphatic rings. The van der Waals surface area contributed by atoms with Crippen LogP contribution in [0, 0.1) is 0 Å². The summed E-state index contributed by atoms with van der Waals surface area (Å²) in [5.41, 5.74) is 2.03. The molecule has 1 aromatic heterocycles. The second-order valence-corrected chi connectivity index (χ2v) is 5.71. The van der Waals surface area contributed by atoms with Crippen molar-refractivity contribution in [3.63, 3.8) is 0 Å². The van der Waals surface area contributed by atoms with E-state index in [2.05, 4.69) is 26.2 Å². The van der Waals surface area contributed by atoms with E-state index >= 15 is 0 Å². The van der Waals surface area contributed by atoms with Gasteiger partial charge in [-0.05, 0) is 29.8 Å². The van der Waals surface area contributed by atoms with Gasteiger partial charge in [-0.1, -0.05) is 33.6 Å². The number of aromatic nitrogens is 1. The number of nitrogens with zero attached hydrogens (tertiary/aromatic N) is 2. The monoisotopic (exact) mass is 339 g/mol. The van der Waals surface area contributed by atoms with Gasteiger partial charge in [0.15, 0.2) is 0 Å². The van der Waals surface area contributed by atoms with Crippen LogP contribution in [0.4, 0.5) is 11.5 Å². The number of hydrogen-bond donors (Lipinski definition) is 1. The van der Waals surface area contributed by atoms with Crippen molar-refractivity contribution >= 4 is 39.0 Å². The van der Waals surface area contributed by atoms with E-state index in [0.717, 1.165) is 26.6 Å². The van der Waals surface area contributed by atoms with Crippen molar-refractivity contribution in [1.82, 2.24) is 4.98 Å². The number of hydrogen-bond acceptors (Lipinski definition) is 3. The minimum atomic E-state index is 0.676. The van der Waals surface area contributed by atoms with Gasteiger partial charge < -0.3 is 10.2 Å². The standard InChI is InChI=1S/C14H15BrClN3/c1-19(2)14-6-5-12(9-18-14)17-8-10-3-4-11(15)7-13(10)16/h3-7,9,17H,8H2,1-2H3. The molecule has 0 saturated heterocycles. The molecule has 1 heterocycles. The van der Waals surface area contributed by atoms with E-state index in [9.17, 15) is 0 Å². The van der Waals surface area contributed by atoms with Crippen LogP contribution >= 0.6 is 27.5 Å². The quantitative estimate of drug-likeness (QED) is 0.905. The molecule has 0 unspecified atom stereocenters. The normalized spacial score (nSPS) is 10.3. The molecule has 1 aromatic carbocycles. The Kier molecular flexibility index (Phi) is 4.66. The van der Waals surface area contributed by atoms with Crippen LogP contribution in [0.1, 0.15) is 5.56 Å². The van der Waals surface area contributed by atoms with E-state index in [-0.39, 0.29) is 0 Å². The molecule has 0 fully saturated rings. The van der Waals surface area contributed by atoms with Gasteiger partial charge >= 0.3 is 0 Å². The number of anilines is 2. The van der Waals surface area contributed by atoms with Crippen molar-refractivity contribution in [3.05, 3.63) is 51.6 Å². The molecule has 2 aromatic rings. The number of nitrogens with one attached hydrogen (secondary N) is 1. The summed E-state index contributed by atoms with van der Waals surface area (Å²) in [6, 6.07) is 9.86. The number of rotatable bonds is 4. The summed E-state index contributed by atoms with van der Waals surface area (Å²) in [5, 5.41) is 4.06. The Morgan fingerprint density at radius 3 is 2.63 bits per heavy atom. The molecular weight excluding hydrogens is 326 g/mol. The molecule has 19 heavy (non-hydrogen) atoms. The zero-order chi connectivity index (χ0) is 13.8. The number of pyridine rings is 1. The Labute approximate surface area is 126 Å². The fourth-order valence-corrected chi connectivity index (χ4v) is 2.36. The fraction of sp³-hybridized carbons (Fsp3) is 0.214. The lowest BCUT2D eigenvalue weighted by Crippen LogP contribution is -2.10. The number of halogens is 2. The van der Waals surface area contributed by atoms with Gasteiger partial charge in [0.05, 0.1) is 11.9 Å². The lowest BCUT2D eigenvalue weighted by Gasteiger charge is -2.12. The lowest BCUT2D eigenvalue weighted by molar-refractivity contribution is 1.06. The second kappa shape index (κ2) is 6.26. The summed E-state index contributed by atoms with van der Waals surface area (Å²) in [6.07, 6.45) is 1.82. The van der Waals surface area contributed by atoms with Gasteiger partial charge in [-0.3, -0.25) is 0 Å². The average molecular weight is 341 g/mol. The second-order valence-electron chi connectivity index (χ2n) is 4.39. The van der Waals surface area contributed by atoms with Crippen LogP contribution in [-0.2, 0) is 6.54 Å². The smallest absolute Gasteiger partial charge is 0.128 e. The first-order chi connectivity index (χ1) is 9.06. The molecule has 3 nitrogen and oxygen atoms in total. The molecule has 0 aliphatic heterocycles. The van der Waals surface area contributed by atoms with Crippen molar-refractivity contribution in [2.24, 2.45) is 0 Å². The first-order valence-corrected chi connectivity index (χ1v) is 7.04. The number of benzene rings is 1. The van der Waals surface area contributed by atoms with Gasteiger partial charge in [0.2, 0.25) is 0 Å². The predicted molar refractivity (Wildman–Crippen MR) is 85.0 cm³/mol. The van der Waals surface area contributed by atoms with E-state index in [1.807, 2.05) is 55.5 Å². The van der Waals surface area contributed by atoms with Gasteiger partial charge in [0.1, 0.15) is 5.82 Å². The maximum absolute atomic E-state index is 6.17. The molecule has 0 bridgehead atoms. The molecule has 0 spiro atoms. The van der Waals surface area contributed by atoms with Gasteiger partial charge in [0.25, 0.3) is 0 Å². The van der Waals surface area contributed by atoms with E-state index in [0.29, 0.717) is 6.54 Å². The van der Waals surface area contributed by atoms with Crippen molar-refractivity contribution < 1.29 is 0 Å². The zero-order valence-electron chi connectivity index (χ0n) is 10.8. The van der Waals surface area contributed by atoms with E-state index < -0.39 is 0 Å². The van der Waals surface area contributed by atoms with E-state index in [4.69, 9.17) is 11.6 Å². The Bertz CT molecular complexity index is 555. The SMILES string of the molecule is CN(C)c1ccc(NCc2ccc(Br)cc2Cl)cn1. The van der Waals surface area contributed by atoms with E-state index in [1.54, 1.807) is 0 Å². The minimum Gasteiger partial charge on any atom is -0.380 e. The zero-order valence-corrected chi connectivity index (χ0v) is 13.2. The first kappa shape index (κ1) is 14.2. The van der Waals surface area contributed by atoms with Gasteiger partial charge in [0, 0.05) is 30.1 Å². The van der Waals surface area contributed by atoms with Crippen LogP contribution in [0.2, 0.25) is 5.02 Å². The lowest BCUT2D eigenvalue weighted by atomic mass is 10.2. The Balaban J connectivity index is 2.02. The van der Waals surface area contributed by atoms with Crippen LogP contribution in [0.3, 0.4) is 0 Å². The summed E-state index contributed by atoms with van der Waals surface area (Å²) in [5.74, 6) is 0.937. The van der Waals surface area contributed by atoms with Gasteiger partial charge in [-0.25, -0.2) is 4.98 Å². The Morgan fingerprint density at radius 2 is 2.05 bits per heavy atom. The summed E-state index contributed by atoms with van der Waals surface area (Å²) in [6.45, 7) is 0.676. The summed E-state index contributed by atoms with van der Waals surface area (Å²) >= 11 is 9.56. The molecule has 0 amide bonds. The topological polar surface area (TPSA) is 28.2 Å². The molecule has 0 radical (unpaired) electrons. The average Bonchev–Trinajstić information content (AvgIpc) is 2.38. The van der Waals surface area contributed by atoms with Gasteiger partial charge in [-0.15, -0.1) is 0 Å². The van der Waals surface area contributed by atoms with Crippen LogP contribution in [0.25, 0.3) is 0 Å². The van der Waals surface area contributed by atoms with Crippen molar-refractivity contribution in [2.45, 2.75) is 6.54 Å². The fourth-order valence-electron chi connectivity index (χ4n) is 1.62. The molecule has 0 saturated carbocycles. The minimum absolute atomic E-state index is 0.676. The van der Waals surface area contributed by atoms with Crippen LogP contribution in [0.5, 0.6) is 0 Å². The summed E-state index contributed by atoms with van der Waals surface area (Å²) in [7, 11) is 3.94. The maximum Gasteiger partial charge on any atom is 0.128 e. The molecule has 1 N–H and O–H groups in total. The third-order valence-electron chi connectivity index (χ3n) is 2.70. The third-order valence-corrected chi connectivity index (χ3v) is 3.55. The third kappa shape index (κ3) is 3.85. The predicted octanol–water partition coefficient (Wildman–Crippen LogP) is 4.18. The van der Waals surface area contributed by atoms with Crippen molar-refractivity contribution in [2.75, 3.05) is 24.3 Å². The molecule has 0 aliphatic carbocycles. The highest BCUT2D eigenvalue weighted by atomic mass is 79.9. The van der Waals surface area contributed by atoms with Crippen LogP contribution < -0.4 is 10.2 Å². The molecule has 0 atom stereocenters. The molecular formula is C14H15BrClN3. The van der Waals surface area contributed by atoms with Crippen LogP contribution in [0.15, 0.2) is 41.0 Å². The van der Waals surface area contributed by atoms with Crippen molar-refractivity contribution in [3.8, 4) is 0 Å². The van der Waals surface area contributed by atoms with E-state index in [1.165, 1.54) is 0 Å². The van der Waals surface area contributed by atoms with Gasteiger partial charge in [-0.2, -0.15) is 0 Å².